The first-order chi connectivity index (χ1) is 16.9. The second-order valence-electron chi connectivity index (χ2n) is 7.72. The minimum absolute atomic E-state index is 0.0927. The van der Waals surface area contributed by atoms with Gasteiger partial charge in [0, 0.05) is 24.7 Å². The van der Waals surface area contributed by atoms with E-state index in [0.717, 1.165) is 0 Å². The number of hydrogen-bond acceptors (Lipinski definition) is 9. The molecule has 3 amide bonds. The van der Waals surface area contributed by atoms with E-state index in [1.54, 1.807) is 6.26 Å². The van der Waals surface area contributed by atoms with Crippen molar-refractivity contribution in [3.05, 3.63) is 18.2 Å². The Kier molecular flexibility index (Phi) is 13.0. The van der Waals surface area contributed by atoms with Gasteiger partial charge in [-0.05, 0) is 24.9 Å². The summed E-state index contributed by atoms with van der Waals surface area (Å²) in [4.78, 5) is 77.9. The molecule has 0 bridgehead atoms. The summed E-state index contributed by atoms with van der Waals surface area (Å²) in [6.07, 6.45) is 3.00. The Bertz CT molecular complexity index is 927. The molecule has 16 heteroatoms. The van der Waals surface area contributed by atoms with Gasteiger partial charge in [0.25, 0.3) is 0 Å². The van der Waals surface area contributed by atoms with Crippen LogP contribution >= 0.6 is 11.8 Å². The second kappa shape index (κ2) is 15.4. The van der Waals surface area contributed by atoms with Crippen molar-refractivity contribution in [1.29, 1.82) is 0 Å². The zero-order valence-electron chi connectivity index (χ0n) is 19.4. The third-order valence-corrected chi connectivity index (χ3v) is 5.49. The molecule has 200 valence electrons. The van der Waals surface area contributed by atoms with Gasteiger partial charge in [0.05, 0.1) is 18.8 Å². The molecule has 4 atom stereocenters. The molecule has 0 saturated heterocycles. The van der Waals surface area contributed by atoms with Crippen molar-refractivity contribution in [2.75, 3.05) is 12.0 Å². The average Bonchev–Trinajstić information content (AvgIpc) is 3.30. The van der Waals surface area contributed by atoms with Crippen molar-refractivity contribution in [3.8, 4) is 0 Å². The molecule has 1 rings (SSSR count). The van der Waals surface area contributed by atoms with E-state index in [-0.39, 0.29) is 19.3 Å². The van der Waals surface area contributed by atoms with Crippen LogP contribution in [0.2, 0.25) is 0 Å². The number of nitrogens with two attached hydrogens (primary N) is 1. The van der Waals surface area contributed by atoms with E-state index >= 15 is 0 Å². The zero-order chi connectivity index (χ0) is 27.3. The van der Waals surface area contributed by atoms with Crippen molar-refractivity contribution in [1.82, 2.24) is 25.9 Å². The SMILES string of the molecule is CSCCC(NC(=O)C(Cc1cnc[nH]1)NC(=O)C(N)CC(=O)O)C(=O)NC(CCC(=O)O)C(=O)O. The fraction of sp³-hybridized carbons (Fsp3) is 0.550. The summed E-state index contributed by atoms with van der Waals surface area (Å²) >= 11 is 1.37. The van der Waals surface area contributed by atoms with Crippen LogP contribution in [0.3, 0.4) is 0 Å². The molecule has 9 N–H and O–H groups in total. The fourth-order valence-corrected chi connectivity index (χ4v) is 3.43. The Labute approximate surface area is 210 Å². The van der Waals surface area contributed by atoms with Crippen LogP contribution in [0.25, 0.3) is 0 Å². The highest BCUT2D eigenvalue weighted by molar-refractivity contribution is 7.98. The van der Waals surface area contributed by atoms with Crippen molar-refractivity contribution in [3.63, 3.8) is 0 Å². The van der Waals surface area contributed by atoms with E-state index in [0.29, 0.717) is 11.4 Å². The molecule has 0 fully saturated rings. The number of H-pyrrole nitrogens is 1. The maximum Gasteiger partial charge on any atom is 0.326 e. The van der Waals surface area contributed by atoms with Crippen molar-refractivity contribution >= 4 is 47.4 Å². The number of nitrogens with zero attached hydrogens (tertiary/aromatic N) is 1. The number of hydrogen-bond donors (Lipinski definition) is 8. The topological polar surface area (TPSA) is 254 Å². The van der Waals surface area contributed by atoms with E-state index in [9.17, 15) is 33.9 Å². The highest BCUT2D eigenvalue weighted by Gasteiger charge is 2.31. The van der Waals surface area contributed by atoms with Crippen LogP contribution in [0.1, 0.15) is 31.4 Å². The number of nitrogens with one attached hydrogen (secondary N) is 4. The van der Waals surface area contributed by atoms with E-state index in [1.165, 1.54) is 24.3 Å². The third-order valence-electron chi connectivity index (χ3n) is 4.85. The first-order valence-corrected chi connectivity index (χ1v) is 12.1. The minimum atomic E-state index is -1.49. The predicted octanol–water partition coefficient (Wildman–Crippen LogP) is -2.09. The molecular weight excluding hydrogens is 500 g/mol. The monoisotopic (exact) mass is 530 g/mol. The number of thioether (sulfide) groups is 1. The Morgan fingerprint density at radius 3 is 2.08 bits per heavy atom. The molecule has 0 aliphatic carbocycles. The maximum atomic E-state index is 13.1. The highest BCUT2D eigenvalue weighted by Crippen LogP contribution is 2.07. The number of aliphatic carboxylic acids is 3. The highest BCUT2D eigenvalue weighted by atomic mass is 32.2. The van der Waals surface area contributed by atoms with Gasteiger partial charge in [0.1, 0.15) is 18.1 Å². The Morgan fingerprint density at radius 1 is 0.944 bits per heavy atom. The summed E-state index contributed by atoms with van der Waals surface area (Å²) < 4.78 is 0. The largest absolute Gasteiger partial charge is 0.481 e. The molecule has 36 heavy (non-hydrogen) atoms. The van der Waals surface area contributed by atoms with Crippen molar-refractivity contribution < 1.29 is 44.1 Å². The number of amides is 3. The average molecular weight is 531 g/mol. The number of aromatic nitrogens is 2. The van der Waals surface area contributed by atoms with Crippen LogP contribution in [0.5, 0.6) is 0 Å². The van der Waals surface area contributed by atoms with Crippen molar-refractivity contribution in [2.45, 2.75) is 56.3 Å². The number of aromatic amines is 1. The molecule has 0 radical (unpaired) electrons. The van der Waals surface area contributed by atoms with E-state index in [4.69, 9.17) is 15.9 Å². The van der Waals surface area contributed by atoms with Gasteiger partial charge >= 0.3 is 17.9 Å². The molecule has 0 aliphatic rings. The van der Waals surface area contributed by atoms with Gasteiger partial charge < -0.3 is 42.0 Å². The molecule has 1 aromatic rings. The second-order valence-corrected chi connectivity index (χ2v) is 8.71. The van der Waals surface area contributed by atoms with Gasteiger partial charge in [-0.2, -0.15) is 11.8 Å². The number of carboxylic acid groups (broad SMARTS) is 3. The Morgan fingerprint density at radius 2 is 1.56 bits per heavy atom. The fourth-order valence-electron chi connectivity index (χ4n) is 2.96. The lowest BCUT2D eigenvalue weighted by molar-refractivity contribution is -0.143. The van der Waals surface area contributed by atoms with Gasteiger partial charge in [-0.15, -0.1) is 0 Å². The molecule has 4 unspecified atom stereocenters. The Balaban J connectivity index is 3.03. The van der Waals surface area contributed by atoms with Crippen LogP contribution in [0.4, 0.5) is 0 Å². The van der Waals surface area contributed by atoms with Gasteiger partial charge in [-0.3, -0.25) is 24.0 Å². The standard InChI is InChI=1S/C20H30N6O9S/c1-36-5-4-12(18(32)25-13(20(34)35)2-3-15(27)28)24-19(33)14(6-10-8-22-9-23-10)26-17(31)11(21)7-16(29)30/h8-9,11-14H,2-7,21H2,1H3,(H,22,23)(H,24,33)(H,25,32)(H,26,31)(H,27,28)(H,29,30)(H,34,35). The van der Waals surface area contributed by atoms with Gasteiger partial charge in [-0.25, -0.2) is 9.78 Å². The third kappa shape index (κ3) is 11.2. The lowest BCUT2D eigenvalue weighted by Gasteiger charge is -2.25. The van der Waals surface area contributed by atoms with Gasteiger partial charge in [-0.1, -0.05) is 0 Å². The van der Waals surface area contributed by atoms with Crippen LogP contribution < -0.4 is 21.7 Å². The van der Waals surface area contributed by atoms with Crippen LogP contribution in [-0.4, -0.2) is 97.1 Å². The van der Waals surface area contributed by atoms with Gasteiger partial charge in [0.2, 0.25) is 17.7 Å². The maximum absolute atomic E-state index is 13.1. The lowest BCUT2D eigenvalue weighted by Crippen LogP contribution is -2.57. The van der Waals surface area contributed by atoms with Crippen LogP contribution in [0, 0.1) is 0 Å². The van der Waals surface area contributed by atoms with Crippen molar-refractivity contribution in [2.24, 2.45) is 5.73 Å². The number of rotatable bonds is 17. The number of carboxylic acids is 3. The van der Waals surface area contributed by atoms with Gasteiger partial charge in [0.15, 0.2) is 0 Å². The summed E-state index contributed by atoms with van der Waals surface area (Å²) in [5, 5.41) is 34.0. The number of carbonyl (C=O) groups is 6. The van der Waals surface area contributed by atoms with E-state index in [1.807, 2.05) is 0 Å². The first-order valence-electron chi connectivity index (χ1n) is 10.7. The zero-order valence-corrected chi connectivity index (χ0v) is 20.2. The van der Waals surface area contributed by atoms with E-state index in [2.05, 4.69) is 25.9 Å². The number of carbonyl (C=O) groups excluding carboxylic acids is 3. The molecule has 0 spiro atoms. The summed E-state index contributed by atoms with van der Waals surface area (Å²) in [7, 11) is 0. The molecule has 0 aliphatic heterocycles. The first kappa shape index (κ1) is 30.4. The summed E-state index contributed by atoms with van der Waals surface area (Å²) in [5.41, 5.74) is 6.03. The molecule has 0 saturated carbocycles. The van der Waals surface area contributed by atoms with Crippen LogP contribution in [0.15, 0.2) is 12.5 Å². The molecule has 0 aromatic carbocycles. The molecular formula is C20H30N6O9S. The normalized spacial score (nSPS) is 14.1. The predicted molar refractivity (Wildman–Crippen MR) is 126 cm³/mol. The quantitative estimate of drug-likeness (QED) is 0.108. The minimum Gasteiger partial charge on any atom is -0.481 e. The number of imidazole rings is 1. The summed E-state index contributed by atoms with van der Waals surface area (Å²) in [5.74, 6) is -6.12. The molecule has 15 nitrogen and oxygen atoms in total. The summed E-state index contributed by atoms with van der Waals surface area (Å²) in [6, 6.07) is -5.40. The summed E-state index contributed by atoms with van der Waals surface area (Å²) in [6.45, 7) is 0. The van der Waals surface area contributed by atoms with Crippen LogP contribution in [-0.2, 0) is 35.2 Å². The smallest absolute Gasteiger partial charge is 0.326 e. The lowest BCUT2D eigenvalue weighted by atomic mass is 10.1. The van der Waals surface area contributed by atoms with E-state index < -0.39 is 72.6 Å². The Hall–Kier alpha value is -3.66. The molecule has 1 aromatic heterocycles. The molecule has 1 heterocycles.